The fourth-order valence-corrected chi connectivity index (χ4v) is 2.06. The third-order valence-electron chi connectivity index (χ3n) is 2.52. The number of nitrogens with two attached hydrogens (primary N) is 1. The Balaban J connectivity index is 2.60. The lowest BCUT2D eigenvalue weighted by Gasteiger charge is -2.07. The van der Waals surface area contributed by atoms with Gasteiger partial charge in [-0.2, -0.15) is 0 Å². The van der Waals surface area contributed by atoms with Crippen molar-refractivity contribution in [3.05, 3.63) is 34.3 Å². The summed E-state index contributed by atoms with van der Waals surface area (Å²) in [7, 11) is 0. The molecule has 1 heterocycles. The standard InChI is InChI=1S/C11H12BrFN4/c1-2-17-9(6-14)15-16-11(17)7-4-3-5-8(12)10(7)13/h3-5H,2,6,14H2,1H3. The molecule has 90 valence electrons. The quantitative estimate of drug-likeness (QED) is 0.946. The topological polar surface area (TPSA) is 56.7 Å². The van der Waals surface area contributed by atoms with Crippen LogP contribution in [0.1, 0.15) is 12.7 Å². The van der Waals surface area contributed by atoms with Crippen LogP contribution < -0.4 is 5.73 Å². The number of benzene rings is 1. The molecule has 17 heavy (non-hydrogen) atoms. The first-order valence-corrected chi connectivity index (χ1v) is 6.04. The fourth-order valence-electron chi connectivity index (χ4n) is 1.69. The normalized spacial score (nSPS) is 10.8. The van der Waals surface area contributed by atoms with E-state index in [0.29, 0.717) is 28.2 Å². The maximum absolute atomic E-state index is 14.0. The average molecular weight is 299 g/mol. The Morgan fingerprint density at radius 1 is 1.41 bits per heavy atom. The van der Waals surface area contributed by atoms with Crippen molar-refractivity contribution in [1.29, 1.82) is 0 Å². The number of nitrogens with zero attached hydrogens (tertiary/aromatic N) is 3. The molecular weight excluding hydrogens is 287 g/mol. The first-order chi connectivity index (χ1) is 8.19. The van der Waals surface area contributed by atoms with Gasteiger partial charge in [-0.3, -0.25) is 0 Å². The Labute approximate surface area is 107 Å². The average Bonchev–Trinajstić information content (AvgIpc) is 2.75. The summed E-state index contributed by atoms with van der Waals surface area (Å²) < 4.78 is 16.2. The molecule has 6 heteroatoms. The van der Waals surface area contributed by atoms with Gasteiger partial charge in [0.2, 0.25) is 0 Å². The van der Waals surface area contributed by atoms with Gasteiger partial charge in [0, 0.05) is 6.54 Å². The highest BCUT2D eigenvalue weighted by molar-refractivity contribution is 9.10. The lowest BCUT2D eigenvalue weighted by molar-refractivity contribution is 0.619. The van der Waals surface area contributed by atoms with E-state index in [1.54, 1.807) is 18.2 Å². The van der Waals surface area contributed by atoms with Crippen LogP contribution in [0.2, 0.25) is 0 Å². The zero-order valence-electron chi connectivity index (χ0n) is 9.32. The maximum atomic E-state index is 14.0. The van der Waals surface area contributed by atoms with Gasteiger partial charge in [0.25, 0.3) is 0 Å². The van der Waals surface area contributed by atoms with Crippen molar-refractivity contribution in [3.63, 3.8) is 0 Å². The highest BCUT2D eigenvalue weighted by Gasteiger charge is 2.16. The maximum Gasteiger partial charge on any atom is 0.166 e. The van der Waals surface area contributed by atoms with Gasteiger partial charge in [0.05, 0.1) is 16.6 Å². The number of hydrogen-bond acceptors (Lipinski definition) is 3. The van der Waals surface area contributed by atoms with Gasteiger partial charge in [-0.25, -0.2) is 4.39 Å². The van der Waals surface area contributed by atoms with E-state index in [2.05, 4.69) is 26.1 Å². The molecule has 0 aliphatic carbocycles. The van der Waals surface area contributed by atoms with E-state index in [4.69, 9.17) is 5.73 Å². The molecule has 0 atom stereocenters. The lowest BCUT2D eigenvalue weighted by atomic mass is 10.2. The Kier molecular flexibility index (Phi) is 3.54. The Morgan fingerprint density at radius 3 is 2.82 bits per heavy atom. The van der Waals surface area contributed by atoms with Crippen LogP contribution in [0.15, 0.2) is 22.7 Å². The summed E-state index contributed by atoms with van der Waals surface area (Å²) in [5.41, 5.74) is 5.98. The van der Waals surface area contributed by atoms with E-state index < -0.39 is 0 Å². The summed E-state index contributed by atoms with van der Waals surface area (Å²) in [5, 5.41) is 7.96. The van der Waals surface area contributed by atoms with E-state index in [9.17, 15) is 4.39 Å². The minimum absolute atomic E-state index is 0.288. The molecule has 0 aliphatic heterocycles. The van der Waals surface area contributed by atoms with E-state index in [1.807, 2.05) is 11.5 Å². The van der Waals surface area contributed by atoms with Crippen LogP contribution in [0, 0.1) is 5.82 Å². The summed E-state index contributed by atoms with van der Waals surface area (Å²) in [4.78, 5) is 0. The van der Waals surface area contributed by atoms with Crippen molar-refractivity contribution >= 4 is 15.9 Å². The second-order valence-electron chi connectivity index (χ2n) is 3.49. The third kappa shape index (κ3) is 2.10. The van der Waals surface area contributed by atoms with Crippen LogP contribution in [0.3, 0.4) is 0 Å². The van der Waals surface area contributed by atoms with Gasteiger partial charge in [0.15, 0.2) is 5.82 Å². The zero-order chi connectivity index (χ0) is 12.4. The summed E-state index contributed by atoms with van der Waals surface area (Å²) in [6.07, 6.45) is 0. The molecule has 2 N–H and O–H groups in total. The molecule has 0 saturated carbocycles. The van der Waals surface area contributed by atoms with Crippen molar-refractivity contribution < 1.29 is 4.39 Å². The molecule has 0 fully saturated rings. The van der Waals surface area contributed by atoms with Crippen molar-refractivity contribution in [2.45, 2.75) is 20.0 Å². The molecular formula is C11H12BrFN4. The minimum Gasteiger partial charge on any atom is -0.324 e. The molecule has 1 aromatic heterocycles. The fraction of sp³-hybridized carbons (Fsp3) is 0.273. The Bertz CT molecular complexity index is 538. The molecule has 0 spiro atoms. The van der Waals surface area contributed by atoms with E-state index in [1.165, 1.54) is 0 Å². The highest BCUT2D eigenvalue weighted by atomic mass is 79.9. The van der Waals surface area contributed by atoms with Crippen molar-refractivity contribution in [2.75, 3.05) is 0 Å². The highest BCUT2D eigenvalue weighted by Crippen LogP contribution is 2.26. The van der Waals surface area contributed by atoms with E-state index >= 15 is 0 Å². The van der Waals surface area contributed by atoms with Crippen LogP contribution in [0.25, 0.3) is 11.4 Å². The lowest BCUT2D eigenvalue weighted by Crippen LogP contribution is -2.08. The third-order valence-corrected chi connectivity index (χ3v) is 3.13. The number of halogens is 2. The zero-order valence-corrected chi connectivity index (χ0v) is 10.9. The summed E-state index contributed by atoms with van der Waals surface area (Å²) in [5.74, 6) is 0.826. The monoisotopic (exact) mass is 298 g/mol. The first kappa shape index (κ1) is 12.2. The summed E-state index contributed by atoms with van der Waals surface area (Å²) in [6, 6.07) is 5.09. The van der Waals surface area contributed by atoms with Crippen LogP contribution in [0.4, 0.5) is 4.39 Å². The van der Waals surface area contributed by atoms with Gasteiger partial charge < -0.3 is 10.3 Å². The molecule has 2 aromatic rings. The SMILES string of the molecule is CCn1c(CN)nnc1-c1cccc(Br)c1F. The second kappa shape index (κ2) is 4.93. The van der Waals surface area contributed by atoms with Gasteiger partial charge >= 0.3 is 0 Å². The molecule has 0 saturated heterocycles. The van der Waals surface area contributed by atoms with Gasteiger partial charge in [-0.05, 0) is 35.0 Å². The van der Waals surface area contributed by atoms with Crippen molar-refractivity contribution in [2.24, 2.45) is 5.73 Å². The number of aromatic nitrogens is 3. The summed E-state index contributed by atoms with van der Waals surface area (Å²) >= 11 is 3.16. The smallest absolute Gasteiger partial charge is 0.166 e. The van der Waals surface area contributed by atoms with Crippen molar-refractivity contribution in [1.82, 2.24) is 14.8 Å². The molecule has 0 unspecified atom stereocenters. The largest absolute Gasteiger partial charge is 0.324 e. The Hall–Kier alpha value is -1.27. The number of rotatable bonds is 3. The molecule has 2 rings (SSSR count). The van der Waals surface area contributed by atoms with Gasteiger partial charge in [-0.15, -0.1) is 10.2 Å². The van der Waals surface area contributed by atoms with E-state index in [-0.39, 0.29) is 12.4 Å². The molecule has 0 amide bonds. The van der Waals surface area contributed by atoms with Crippen molar-refractivity contribution in [3.8, 4) is 11.4 Å². The van der Waals surface area contributed by atoms with Gasteiger partial charge in [0.1, 0.15) is 11.6 Å². The summed E-state index contributed by atoms with van der Waals surface area (Å²) in [6.45, 7) is 2.89. The molecule has 0 aliphatic rings. The predicted molar refractivity (Wildman–Crippen MR) is 66.7 cm³/mol. The van der Waals surface area contributed by atoms with Crippen LogP contribution >= 0.6 is 15.9 Å². The molecule has 0 radical (unpaired) electrons. The number of hydrogen-bond donors (Lipinski definition) is 1. The first-order valence-electron chi connectivity index (χ1n) is 5.25. The molecule has 0 bridgehead atoms. The molecule has 4 nitrogen and oxygen atoms in total. The predicted octanol–water partition coefficient (Wildman–Crippen LogP) is 2.33. The van der Waals surface area contributed by atoms with E-state index in [0.717, 1.165) is 0 Å². The molecule has 1 aromatic carbocycles. The minimum atomic E-state index is -0.335. The van der Waals surface area contributed by atoms with Gasteiger partial charge in [-0.1, -0.05) is 6.07 Å². The van der Waals surface area contributed by atoms with Crippen LogP contribution in [-0.4, -0.2) is 14.8 Å². The van der Waals surface area contributed by atoms with Crippen LogP contribution in [0.5, 0.6) is 0 Å². The van der Waals surface area contributed by atoms with Crippen LogP contribution in [-0.2, 0) is 13.1 Å². The second-order valence-corrected chi connectivity index (χ2v) is 4.34. The Morgan fingerprint density at radius 2 is 2.18 bits per heavy atom.